The number of rotatable bonds is 6. The smallest absolute Gasteiger partial charge is 0.255 e. The minimum Gasteiger partial charge on any atom is -0.489 e. The topological polar surface area (TPSA) is 58.6 Å². The van der Waals surface area contributed by atoms with E-state index in [1.165, 1.54) is 0 Å². The minimum atomic E-state index is 0.0448. The van der Waals surface area contributed by atoms with Gasteiger partial charge in [0.2, 0.25) is 0 Å². The predicted molar refractivity (Wildman–Crippen MR) is 102 cm³/mol. The molecule has 26 heavy (non-hydrogen) atoms. The number of likely N-dealkylation sites (tertiary alicyclic amines) is 1. The average molecular weight is 354 g/mol. The first-order valence-corrected chi connectivity index (χ1v) is 9.28. The molecular weight excluding hydrogens is 328 g/mol. The number of anilines is 1. The molecule has 0 spiro atoms. The second-order valence-corrected chi connectivity index (χ2v) is 6.38. The fourth-order valence-corrected chi connectivity index (χ4v) is 3.22. The fourth-order valence-electron chi connectivity index (χ4n) is 3.22. The van der Waals surface area contributed by atoms with Crippen LogP contribution in [0, 0.1) is 0 Å². The summed E-state index contributed by atoms with van der Waals surface area (Å²) in [5, 5.41) is 0. The van der Waals surface area contributed by atoms with E-state index in [0.29, 0.717) is 18.7 Å². The van der Waals surface area contributed by atoms with Crippen LogP contribution in [0.2, 0.25) is 0 Å². The number of carbonyl (C=O) groups excluding carboxylic acids is 1. The number of carbonyl (C=O) groups is 1. The molecule has 1 saturated heterocycles. The van der Waals surface area contributed by atoms with Crippen LogP contribution in [0.3, 0.4) is 0 Å². The number of nitrogens with zero attached hydrogens (tertiary/aromatic N) is 4. The van der Waals surface area contributed by atoms with Gasteiger partial charge >= 0.3 is 0 Å². The van der Waals surface area contributed by atoms with Gasteiger partial charge in [-0.15, -0.1) is 0 Å². The van der Waals surface area contributed by atoms with Crippen molar-refractivity contribution in [1.82, 2.24) is 14.9 Å². The van der Waals surface area contributed by atoms with E-state index in [-0.39, 0.29) is 12.0 Å². The number of piperidine rings is 1. The molecule has 0 radical (unpaired) electrons. The molecule has 3 rings (SSSR count). The molecule has 0 atom stereocenters. The molecule has 6 nitrogen and oxygen atoms in total. The Balaban J connectivity index is 1.55. The van der Waals surface area contributed by atoms with Crippen molar-refractivity contribution in [2.75, 3.05) is 31.1 Å². The largest absolute Gasteiger partial charge is 0.489 e. The Kier molecular flexibility index (Phi) is 6.04. The summed E-state index contributed by atoms with van der Waals surface area (Å²) in [7, 11) is 0. The molecule has 1 fully saturated rings. The van der Waals surface area contributed by atoms with E-state index in [2.05, 4.69) is 28.7 Å². The zero-order valence-corrected chi connectivity index (χ0v) is 15.5. The van der Waals surface area contributed by atoms with Crippen molar-refractivity contribution >= 4 is 11.7 Å². The molecule has 0 saturated carbocycles. The van der Waals surface area contributed by atoms with Gasteiger partial charge in [-0.2, -0.15) is 0 Å². The number of ether oxygens (including phenoxy) is 1. The first kappa shape index (κ1) is 18.2. The second kappa shape index (κ2) is 8.65. The second-order valence-electron chi connectivity index (χ2n) is 6.38. The van der Waals surface area contributed by atoms with Crippen molar-refractivity contribution in [3.05, 3.63) is 48.4 Å². The summed E-state index contributed by atoms with van der Waals surface area (Å²) in [6.07, 6.45) is 6.92. The molecule has 0 aliphatic carbocycles. The molecule has 0 N–H and O–H groups in total. The third kappa shape index (κ3) is 4.31. The summed E-state index contributed by atoms with van der Waals surface area (Å²) < 4.78 is 5.94. The SMILES string of the molecule is CCN(CC)c1ccc(C(=O)N2CCC(Oc3cccnc3)CC2)cn1. The van der Waals surface area contributed by atoms with Crippen molar-refractivity contribution in [3.63, 3.8) is 0 Å². The van der Waals surface area contributed by atoms with Gasteiger partial charge in [0.15, 0.2) is 0 Å². The van der Waals surface area contributed by atoms with Gasteiger partial charge in [0.1, 0.15) is 17.7 Å². The van der Waals surface area contributed by atoms with Crippen LogP contribution in [0.4, 0.5) is 5.82 Å². The lowest BCUT2D eigenvalue weighted by Crippen LogP contribution is -2.41. The van der Waals surface area contributed by atoms with Gasteiger partial charge in [-0.1, -0.05) is 0 Å². The van der Waals surface area contributed by atoms with E-state index >= 15 is 0 Å². The highest BCUT2D eigenvalue weighted by atomic mass is 16.5. The third-order valence-corrected chi connectivity index (χ3v) is 4.75. The number of aromatic nitrogens is 2. The molecule has 3 heterocycles. The molecule has 1 aliphatic heterocycles. The van der Waals surface area contributed by atoms with Gasteiger partial charge in [-0.05, 0) is 38.1 Å². The number of pyridine rings is 2. The molecule has 2 aromatic heterocycles. The Bertz CT molecular complexity index is 694. The summed E-state index contributed by atoms with van der Waals surface area (Å²) >= 11 is 0. The van der Waals surface area contributed by atoms with Crippen molar-refractivity contribution < 1.29 is 9.53 Å². The van der Waals surface area contributed by atoms with E-state index in [1.807, 2.05) is 29.2 Å². The maximum atomic E-state index is 12.7. The Morgan fingerprint density at radius 1 is 1.19 bits per heavy atom. The van der Waals surface area contributed by atoms with E-state index in [4.69, 9.17) is 4.74 Å². The molecule has 0 unspecified atom stereocenters. The molecule has 1 amide bonds. The number of amides is 1. The van der Waals surface area contributed by atoms with Crippen LogP contribution in [0.1, 0.15) is 37.0 Å². The van der Waals surface area contributed by atoms with Crippen molar-refractivity contribution in [3.8, 4) is 5.75 Å². The number of hydrogen-bond acceptors (Lipinski definition) is 5. The van der Waals surface area contributed by atoms with Crippen molar-refractivity contribution in [2.45, 2.75) is 32.8 Å². The molecular formula is C20H26N4O2. The van der Waals surface area contributed by atoms with Crippen LogP contribution in [-0.4, -0.2) is 53.1 Å². The lowest BCUT2D eigenvalue weighted by molar-refractivity contribution is 0.0594. The van der Waals surface area contributed by atoms with E-state index in [9.17, 15) is 4.79 Å². The predicted octanol–water partition coefficient (Wildman–Crippen LogP) is 3.01. The van der Waals surface area contributed by atoms with Crippen molar-refractivity contribution in [2.24, 2.45) is 0 Å². The quantitative estimate of drug-likeness (QED) is 0.798. The van der Waals surface area contributed by atoms with Crippen LogP contribution < -0.4 is 9.64 Å². The first-order chi connectivity index (χ1) is 12.7. The van der Waals surface area contributed by atoms with Gasteiger partial charge < -0.3 is 14.5 Å². The van der Waals surface area contributed by atoms with Crippen LogP contribution in [0.5, 0.6) is 5.75 Å². The van der Waals surface area contributed by atoms with E-state index < -0.39 is 0 Å². The first-order valence-electron chi connectivity index (χ1n) is 9.28. The van der Waals surface area contributed by atoms with Gasteiger partial charge in [-0.25, -0.2) is 4.98 Å². The molecule has 2 aromatic rings. The summed E-state index contributed by atoms with van der Waals surface area (Å²) in [5.74, 6) is 1.74. The lowest BCUT2D eigenvalue weighted by atomic mass is 10.1. The molecule has 1 aliphatic rings. The average Bonchev–Trinajstić information content (AvgIpc) is 2.70. The summed E-state index contributed by atoms with van der Waals surface area (Å²) in [6.45, 7) is 7.40. The summed E-state index contributed by atoms with van der Waals surface area (Å²) in [6, 6.07) is 7.58. The lowest BCUT2D eigenvalue weighted by Gasteiger charge is -2.32. The Morgan fingerprint density at radius 2 is 1.96 bits per heavy atom. The van der Waals surface area contributed by atoms with Gasteiger partial charge in [0.25, 0.3) is 5.91 Å². The van der Waals surface area contributed by atoms with E-state index in [1.54, 1.807) is 18.6 Å². The van der Waals surface area contributed by atoms with Crippen LogP contribution in [-0.2, 0) is 0 Å². The van der Waals surface area contributed by atoms with Crippen LogP contribution >= 0.6 is 0 Å². The summed E-state index contributed by atoms with van der Waals surface area (Å²) in [4.78, 5) is 25.3. The zero-order valence-electron chi connectivity index (χ0n) is 15.5. The Hall–Kier alpha value is -2.63. The highest BCUT2D eigenvalue weighted by Crippen LogP contribution is 2.20. The number of hydrogen-bond donors (Lipinski definition) is 0. The van der Waals surface area contributed by atoms with E-state index in [0.717, 1.165) is 37.5 Å². The highest BCUT2D eigenvalue weighted by molar-refractivity contribution is 5.94. The van der Waals surface area contributed by atoms with Crippen molar-refractivity contribution in [1.29, 1.82) is 0 Å². The molecule has 138 valence electrons. The van der Waals surface area contributed by atoms with Gasteiger partial charge in [0, 0.05) is 51.4 Å². The normalized spacial score (nSPS) is 14.9. The highest BCUT2D eigenvalue weighted by Gasteiger charge is 2.25. The minimum absolute atomic E-state index is 0.0448. The third-order valence-electron chi connectivity index (χ3n) is 4.75. The molecule has 0 bridgehead atoms. The van der Waals surface area contributed by atoms with Crippen LogP contribution in [0.25, 0.3) is 0 Å². The standard InChI is InChI=1S/C20H26N4O2/c1-3-23(4-2)19-8-7-16(14-22-19)20(25)24-12-9-17(10-13-24)26-18-6-5-11-21-15-18/h5-8,11,14-15,17H,3-4,9-10,12-13H2,1-2H3. The Morgan fingerprint density at radius 3 is 2.54 bits per heavy atom. The zero-order chi connectivity index (χ0) is 18.4. The van der Waals surface area contributed by atoms with Crippen LogP contribution in [0.15, 0.2) is 42.9 Å². The fraction of sp³-hybridized carbons (Fsp3) is 0.450. The molecule has 0 aromatic carbocycles. The maximum absolute atomic E-state index is 12.7. The monoisotopic (exact) mass is 354 g/mol. The Labute approximate surface area is 154 Å². The maximum Gasteiger partial charge on any atom is 0.255 e. The molecule has 6 heteroatoms. The van der Waals surface area contributed by atoms with Gasteiger partial charge in [0.05, 0.1) is 11.8 Å². The van der Waals surface area contributed by atoms with Gasteiger partial charge in [-0.3, -0.25) is 9.78 Å². The summed E-state index contributed by atoms with van der Waals surface area (Å²) in [5.41, 5.74) is 0.646.